The molecule has 1 fully saturated rings. The number of urea groups is 1. The van der Waals surface area contributed by atoms with E-state index in [0.29, 0.717) is 24.5 Å². The molecule has 154 valence electrons. The zero-order valence-electron chi connectivity index (χ0n) is 16.3. The molecule has 4 rings (SSSR count). The van der Waals surface area contributed by atoms with Crippen molar-refractivity contribution in [3.8, 4) is 11.3 Å². The molecule has 0 saturated carbocycles. The van der Waals surface area contributed by atoms with Gasteiger partial charge in [0.15, 0.2) is 5.16 Å². The summed E-state index contributed by atoms with van der Waals surface area (Å²) in [5, 5.41) is 4.15. The van der Waals surface area contributed by atoms with Gasteiger partial charge in [0.1, 0.15) is 0 Å². The van der Waals surface area contributed by atoms with Crippen LogP contribution in [-0.4, -0.2) is 45.2 Å². The van der Waals surface area contributed by atoms with Crippen molar-refractivity contribution in [2.24, 2.45) is 0 Å². The van der Waals surface area contributed by atoms with Crippen LogP contribution in [0.4, 0.5) is 4.79 Å². The van der Waals surface area contributed by atoms with Gasteiger partial charge in [-0.25, -0.2) is 9.78 Å². The van der Waals surface area contributed by atoms with Crippen molar-refractivity contribution in [1.29, 1.82) is 0 Å². The van der Waals surface area contributed by atoms with Crippen LogP contribution in [0.25, 0.3) is 11.3 Å². The smallest absolute Gasteiger partial charge is 0.324 e. The summed E-state index contributed by atoms with van der Waals surface area (Å²) in [4.78, 5) is 29.3. The highest BCUT2D eigenvalue weighted by atomic mass is 35.5. The minimum atomic E-state index is -0.305. The predicted molar refractivity (Wildman–Crippen MR) is 119 cm³/mol. The molecule has 0 unspecified atom stereocenters. The number of nitrogens with one attached hydrogen (secondary N) is 1. The summed E-state index contributed by atoms with van der Waals surface area (Å²) in [7, 11) is 0. The number of carbonyl (C=O) groups is 2. The minimum Gasteiger partial charge on any atom is -0.329 e. The van der Waals surface area contributed by atoms with Gasteiger partial charge in [-0.1, -0.05) is 65.8 Å². The molecule has 3 aromatic rings. The molecule has 2 heterocycles. The molecule has 0 bridgehead atoms. The van der Waals surface area contributed by atoms with Crippen LogP contribution in [0.15, 0.2) is 66.0 Å². The van der Waals surface area contributed by atoms with Gasteiger partial charge < -0.3 is 9.88 Å². The van der Waals surface area contributed by atoms with Crippen molar-refractivity contribution >= 4 is 35.3 Å². The van der Waals surface area contributed by atoms with Crippen LogP contribution in [0.3, 0.4) is 0 Å². The summed E-state index contributed by atoms with van der Waals surface area (Å²) in [5.41, 5.74) is 3.26. The average Bonchev–Trinajstić information content (AvgIpc) is 3.30. The van der Waals surface area contributed by atoms with Crippen LogP contribution in [0.1, 0.15) is 12.0 Å². The number of thioether (sulfide) groups is 1. The standard InChI is InChI=1S/C22H21ClN4O2S/c23-18-9-7-17(8-10-18)19-13-25-22(27(19)15-16-5-2-1-3-6-16)30-12-4-11-26-20(28)14-24-21(26)29/h1-3,5-10,13H,4,11-12,14-15H2,(H,24,29). The maximum absolute atomic E-state index is 11.7. The topological polar surface area (TPSA) is 67.2 Å². The Morgan fingerprint density at radius 2 is 1.83 bits per heavy atom. The number of imide groups is 1. The number of benzene rings is 2. The third-order valence-electron chi connectivity index (χ3n) is 4.84. The van der Waals surface area contributed by atoms with E-state index in [1.54, 1.807) is 11.8 Å². The molecule has 1 N–H and O–H groups in total. The molecule has 6 nitrogen and oxygen atoms in total. The molecule has 3 amide bonds. The number of hydrogen-bond donors (Lipinski definition) is 1. The van der Waals surface area contributed by atoms with Crippen LogP contribution >= 0.6 is 23.4 Å². The molecule has 0 aliphatic carbocycles. The molecule has 2 aromatic carbocycles. The third-order valence-corrected chi connectivity index (χ3v) is 6.17. The molecular formula is C22H21ClN4O2S. The molecule has 1 saturated heterocycles. The number of carbonyl (C=O) groups excluding carboxylic acids is 2. The van der Waals surface area contributed by atoms with E-state index in [-0.39, 0.29) is 18.5 Å². The Kier molecular flexibility index (Phi) is 6.40. The van der Waals surface area contributed by atoms with E-state index in [4.69, 9.17) is 11.6 Å². The van der Waals surface area contributed by atoms with Crippen molar-refractivity contribution in [3.63, 3.8) is 0 Å². The molecule has 1 aliphatic rings. The minimum absolute atomic E-state index is 0.0951. The maximum atomic E-state index is 11.7. The molecule has 30 heavy (non-hydrogen) atoms. The van der Waals surface area contributed by atoms with Gasteiger partial charge in [0.2, 0.25) is 5.91 Å². The van der Waals surface area contributed by atoms with E-state index in [2.05, 4.69) is 27.0 Å². The zero-order chi connectivity index (χ0) is 20.9. The first kappa shape index (κ1) is 20.5. The van der Waals surface area contributed by atoms with Crippen LogP contribution in [0.2, 0.25) is 5.02 Å². The summed E-state index contributed by atoms with van der Waals surface area (Å²) in [6.07, 6.45) is 2.59. The van der Waals surface area contributed by atoms with Gasteiger partial charge >= 0.3 is 6.03 Å². The van der Waals surface area contributed by atoms with E-state index >= 15 is 0 Å². The van der Waals surface area contributed by atoms with Crippen molar-refractivity contribution in [3.05, 3.63) is 71.4 Å². The van der Waals surface area contributed by atoms with Gasteiger partial charge in [0.25, 0.3) is 0 Å². The molecular weight excluding hydrogens is 420 g/mol. The Hall–Kier alpha value is -2.77. The number of imidazole rings is 1. The third kappa shape index (κ3) is 4.68. The van der Waals surface area contributed by atoms with Crippen LogP contribution in [0, 0.1) is 0 Å². The number of amides is 3. The molecule has 0 radical (unpaired) electrons. The number of nitrogens with zero attached hydrogens (tertiary/aromatic N) is 3. The van der Waals surface area contributed by atoms with Gasteiger partial charge in [0, 0.05) is 17.3 Å². The lowest BCUT2D eigenvalue weighted by atomic mass is 10.1. The lowest BCUT2D eigenvalue weighted by Gasteiger charge is -2.14. The highest BCUT2D eigenvalue weighted by molar-refractivity contribution is 7.99. The highest BCUT2D eigenvalue weighted by Crippen LogP contribution is 2.28. The second kappa shape index (κ2) is 9.36. The Morgan fingerprint density at radius 1 is 1.07 bits per heavy atom. The molecule has 0 atom stereocenters. The number of aromatic nitrogens is 2. The van der Waals surface area contributed by atoms with Gasteiger partial charge in [-0.3, -0.25) is 9.69 Å². The van der Waals surface area contributed by atoms with Gasteiger partial charge in [-0.15, -0.1) is 0 Å². The second-order valence-electron chi connectivity index (χ2n) is 6.91. The fourth-order valence-electron chi connectivity index (χ4n) is 3.31. The first-order valence-corrected chi connectivity index (χ1v) is 11.0. The van der Waals surface area contributed by atoms with E-state index in [1.165, 1.54) is 10.5 Å². The predicted octanol–water partition coefficient (Wildman–Crippen LogP) is 4.29. The summed E-state index contributed by atoms with van der Waals surface area (Å²) in [6.45, 7) is 1.22. The normalized spacial score (nSPS) is 13.7. The SMILES string of the molecule is O=C1CNC(=O)N1CCCSc1ncc(-c2ccc(Cl)cc2)n1Cc1ccccc1. The summed E-state index contributed by atoms with van der Waals surface area (Å²) >= 11 is 7.68. The van der Waals surface area contributed by atoms with Crippen molar-refractivity contribution in [2.45, 2.75) is 18.1 Å². The monoisotopic (exact) mass is 440 g/mol. The van der Waals surface area contributed by atoms with Crippen LogP contribution in [-0.2, 0) is 11.3 Å². The largest absolute Gasteiger partial charge is 0.329 e. The van der Waals surface area contributed by atoms with Crippen LogP contribution in [0.5, 0.6) is 0 Å². The Morgan fingerprint density at radius 3 is 2.53 bits per heavy atom. The lowest BCUT2D eigenvalue weighted by Crippen LogP contribution is -2.32. The van der Waals surface area contributed by atoms with Gasteiger partial charge in [-0.05, 0) is 29.7 Å². The summed E-state index contributed by atoms with van der Waals surface area (Å²) in [6, 6.07) is 17.7. The van der Waals surface area contributed by atoms with E-state index in [9.17, 15) is 9.59 Å². The van der Waals surface area contributed by atoms with Crippen molar-refractivity contribution < 1.29 is 9.59 Å². The van der Waals surface area contributed by atoms with E-state index in [0.717, 1.165) is 22.2 Å². The summed E-state index contributed by atoms with van der Waals surface area (Å²) in [5.74, 6) is 0.587. The van der Waals surface area contributed by atoms with Gasteiger partial charge in [-0.2, -0.15) is 0 Å². The summed E-state index contributed by atoms with van der Waals surface area (Å²) < 4.78 is 2.19. The van der Waals surface area contributed by atoms with Crippen molar-refractivity contribution in [1.82, 2.24) is 19.8 Å². The van der Waals surface area contributed by atoms with Crippen LogP contribution < -0.4 is 5.32 Å². The fourth-order valence-corrected chi connectivity index (χ4v) is 4.34. The first-order valence-electron chi connectivity index (χ1n) is 9.68. The molecule has 1 aromatic heterocycles. The highest BCUT2D eigenvalue weighted by Gasteiger charge is 2.27. The number of hydrogen-bond acceptors (Lipinski definition) is 4. The number of rotatable bonds is 8. The average molecular weight is 441 g/mol. The van der Waals surface area contributed by atoms with E-state index < -0.39 is 0 Å². The Labute approximate surface area is 184 Å². The maximum Gasteiger partial charge on any atom is 0.324 e. The van der Waals surface area contributed by atoms with Crippen molar-refractivity contribution in [2.75, 3.05) is 18.8 Å². The van der Waals surface area contributed by atoms with Gasteiger partial charge in [0.05, 0.1) is 25.0 Å². The Balaban J connectivity index is 1.49. The lowest BCUT2D eigenvalue weighted by molar-refractivity contribution is -0.124. The zero-order valence-corrected chi connectivity index (χ0v) is 17.8. The fraction of sp³-hybridized carbons (Fsp3) is 0.227. The molecule has 1 aliphatic heterocycles. The second-order valence-corrected chi connectivity index (χ2v) is 8.41. The first-order chi connectivity index (χ1) is 14.6. The molecule has 0 spiro atoms. The number of halogens is 1. The Bertz CT molecular complexity index is 1020. The quantitative estimate of drug-likeness (QED) is 0.322. The van der Waals surface area contributed by atoms with E-state index in [1.807, 2.05) is 48.7 Å². The molecule has 8 heteroatoms.